The Bertz CT molecular complexity index is 1300. The second-order valence-electron chi connectivity index (χ2n) is 6.91. The molecule has 0 radical (unpaired) electrons. The minimum atomic E-state index is -0.684. The van der Waals surface area contributed by atoms with Crippen LogP contribution in [0.4, 0.5) is 5.69 Å². The molecule has 0 bridgehead atoms. The molecule has 4 rings (SSSR count). The Labute approximate surface area is 192 Å². The van der Waals surface area contributed by atoms with Crippen molar-refractivity contribution in [3.05, 3.63) is 110 Å². The highest BCUT2D eigenvalue weighted by Gasteiger charge is 2.26. The van der Waals surface area contributed by atoms with E-state index in [-0.39, 0.29) is 40.3 Å². The zero-order valence-electron chi connectivity index (χ0n) is 16.9. The molecular formula is C24H15ClN2O6. The van der Waals surface area contributed by atoms with Crippen LogP contribution in [0.5, 0.6) is 5.75 Å². The van der Waals surface area contributed by atoms with Crippen LogP contribution in [0.25, 0.3) is 6.08 Å². The summed E-state index contributed by atoms with van der Waals surface area (Å²) in [5.41, 5.74) is 1.20. The molecule has 0 unspecified atom stereocenters. The normalized spacial score (nSPS) is 14.0. The number of nitro groups is 1. The van der Waals surface area contributed by atoms with Gasteiger partial charge in [-0.05, 0) is 35.9 Å². The van der Waals surface area contributed by atoms with Crippen molar-refractivity contribution >= 4 is 41.0 Å². The van der Waals surface area contributed by atoms with Crippen LogP contribution in [0.2, 0.25) is 5.02 Å². The zero-order valence-corrected chi connectivity index (χ0v) is 17.7. The number of nitro benzene ring substituents is 1. The van der Waals surface area contributed by atoms with Crippen molar-refractivity contribution in [2.24, 2.45) is 4.99 Å². The van der Waals surface area contributed by atoms with Gasteiger partial charge in [-0.1, -0.05) is 54.1 Å². The molecule has 9 heteroatoms. The summed E-state index contributed by atoms with van der Waals surface area (Å²) in [5, 5.41) is 11.0. The molecule has 3 aromatic carbocycles. The van der Waals surface area contributed by atoms with E-state index in [4.69, 9.17) is 21.1 Å². The molecule has 0 atom stereocenters. The summed E-state index contributed by atoms with van der Waals surface area (Å²) in [4.78, 5) is 38.9. The van der Waals surface area contributed by atoms with Crippen LogP contribution in [0, 0.1) is 10.1 Å². The number of aliphatic imine (C=N–C) groups is 1. The van der Waals surface area contributed by atoms with Crippen LogP contribution < -0.4 is 4.74 Å². The van der Waals surface area contributed by atoms with Crippen LogP contribution in [-0.4, -0.2) is 29.2 Å². The number of carbonyl (C=O) groups excluding carboxylic acids is 2. The maximum absolute atomic E-state index is 12.2. The minimum absolute atomic E-state index is 0.0304. The maximum Gasteiger partial charge on any atom is 0.363 e. The monoisotopic (exact) mass is 462 g/mol. The van der Waals surface area contributed by atoms with Crippen LogP contribution in [-0.2, 0) is 9.53 Å². The SMILES string of the molecule is O=C1OC(c2ccc(Cl)c([N+](=O)[O-])c2)=N/C1=C\c1ccc(OCC(=O)c2ccccc2)cc1. The van der Waals surface area contributed by atoms with Crippen LogP contribution in [0.1, 0.15) is 21.5 Å². The summed E-state index contributed by atoms with van der Waals surface area (Å²) in [6.45, 7) is -0.0995. The van der Waals surface area contributed by atoms with Crippen molar-refractivity contribution in [1.29, 1.82) is 0 Å². The van der Waals surface area contributed by atoms with E-state index in [1.54, 1.807) is 48.5 Å². The molecule has 0 spiro atoms. The van der Waals surface area contributed by atoms with Gasteiger partial charge in [0.25, 0.3) is 5.69 Å². The van der Waals surface area contributed by atoms with Gasteiger partial charge in [0.15, 0.2) is 18.1 Å². The van der Waals surface area contributed by atoms with Gasteiger partial charge in [0, 0.05) is 17.2 Å². The molecule has 164 valence electrons. The smallest absolute Gasteiger partial charge is 0.363 e. The van der Waals surface area contributed by atoms with Gasteiger partial charge in [-0.2, -0.15) is 0 Å². The van der Waals surface area contributed by atoms with E-state index in [9.17, 15) is 19.7 Å². The van der Waals surface area contributed by atoms with Gasteiger partial charge >= 0.3 is 5.97 Å². The third-order valence-electron chi connectivity index (χ3n) is 4.66. The Morgan fingerprint density at radius 2 is 1.82 bits per heavy atom. The summed E-state index contributed by atoms with van der Waals surface area (Å²) < 4.78 is 10.7. The number of esters is 1. The molecule has 3 aromatic rings. The molecule has 0 aliphatic carbocycles. The first-order valence-electron chi connectivity index (χ1n) is 9.69. The van der Waals surface area contributed by atoms with E-state index in [0.717, 1.165) is 0 Å². The molecule has 1 aliphatic rings. The van der Waals surface area contributed by atoms with Crippen molar-refractivity contribution in [3.63, 3.8) is 0 Å². The Hall–Kier alpha value is -4.30. The largest absolute Gasteiger partial charge is 0.485 e. The van der Waals surface area contributed by atoms with Crippen molar-refractivity contribution in [1.82, 2.24) is 0 Å². The average molecular weight is 463 g/mol. The van der Waals surface area contributed by atoms with Gasteiger partial charge in [-0.25, -0.2) is 9.79 Å². The summed E-state index contributed by atoms with van der Waals surface area (Å²) in [6, 6.07) is 19.6. The number of benzene rings is 3. The summed E-state index contributed by atoms with van der Waals surface area (Å²) >= 11 is 5.82. The van der Waals surface area contributed by atoms with Gasteiger partial charge in [0.05, 0.1) is 4.92 Å². The predicted octanol–water partition coefficient (Wildman–Crippen LogP) is 4.85. The Morgan fingerprint density at radius 3 is 2.52 bits per heavy atom. The minimum Gasteiger partial charge on any atom is -0.485 e. The highest BCUT2D eigenvalue weighted by molar-refractivity contribution is 6.32. The third kappa shape index (κ3) is 5.13. The van der Waals surface area contributed by atoms with Crippen LogP contribution >= 0.6 is 11.6 Å². The second-order valence-corrected chi connectivity index (χ2v) is 7.31. The van der Waals surface area contributed by atoms with Gasteiger partial charge in [-0.15, -0.1) is 0 Å². The molecule has 0 aromatic heterocycles. The number of hydrogen-bond donors (Lipinski definition) is 0. The molecule has 1 heterocycles. The van der Waals surface area contributed by atoms with Crippen LogP contribution in [0.15, 0.2) is 83.5 Å². The lowest BCUT2D eigenvalue weighted by molar-refractivity contribution is -0.384. The number of cyclic esters (lactones) is 1. The second kappa shape index (κ2) is 9.46. The lowest BCUT2D eigenvalue weighted by Crippen LogP contribution is -2.11. The van der Waals surface area contributed by atoms with Crippen molar-refractivity contribution in [2.75, 3.05) is 6.61 Å². The fourth-order valence-electron chi connectivity index (χ4n) is 2.99. The molecule has 0 amide bonds. The number of halogens is 1. The topological polar surface area (TPSA) is 108 Å². The van der Waals surface area contributed by atoms with E-state index < -0.39 is 10.9 Å². The zero-order chi connectivity index (χ0) is 23.4. The highest BCUT2D eigenvalue weighted by Crippen LogP contribution is 2.27. The van der Waals surface area contributed by atoms with E-state index in [2.05, 4.69) is 4.99 Å². The third-order valence-corrected chi connectivity index (χ3v) is 4.98. The molecule has 0 N–H and O–H groups in total. The summed E-state index contributed by atoms with van der Waals surface area (Å²) in [5.74, 6) is -0.380. The molecule has 8 nitrogen and oxygen atoms in total. The summed E-state index contributed by atoms with van der Waals surface area (Å²) in [6.07, 6.45) is 1.51. The Kier molecular flexibility index (Phi) is 6.28. The summed E-state index contributed by atoms with van der Waals surface area (Å²) in [7, 11) is 0. The molecule has 33 heavy (non-hydrogen) atoms. The maximum atomic E-state index is 12.2. The van der Waals surface area contributed by atoms with Gasteiger partial charge < -0.3 is 9.47 Å². The average Bonchev–Trinajstić information content (AvgIpc) is 3.19. The van der Waals surface area contributed by atoms with E-state index >= 15 is 0 Å². The number of nitrogens with zero attached hydrogens (tertiary/aromatic N) is 2. The quantitative estimate of drug-likeness (QED) is 0.163. The van der Waals surface area contributed by atoms with Crippen LogP contribution in [0.3, 0.4) is 0 Å². The number of hydrogen-bond acceptors (Lipinski definition) is 7. The first-order chi connectivity index (χ1) is 15.9. The first kappa shape index (κ1) is 21.9. The lowest BCUT2D eigenvalue weighted by Gasteiger charge is -2.06. The molecule has 1 aliphatic heterocycles. The van der Waals surface area contributed by atoms with Gasteiger partial charge in [0.1, 0.15) is 10.8 Å². The lowest BCUT2D eigenvalue weighted by atomic mass is 10.1. The molecule has 0 saturated heterocycles. The molecule has 0 fully saturated rings. The van der Waals surface area contributed by atoms with Crippen molar-refractivity contribution in [3.8, 4) is 5.75 Å². The van der Waals surface area contributed by atoms with Crippen molar-refractivity contribution in [2.45, 2.75) is 0 Å². The predicted molar refractivity (Wildman–Crippen MR) is 121 cm³/mol. The first-order valence-corrected chi connectivity index (χ1v) is 10.1. The number of carbonyl (C=O) groups is 2. The standard InChI is InChI=1S/C24H15ClN2O6/c25-19-11-8-17(13-21(19)27(30)31)23-26-20(24(29)33-23)12-15-6-9-18(10-7-15)32-14-22(28)16-4-2-1-3-5-16/h1-13H,14H2/b20-12-. The molecular weight excluding hydrogens is 448 g/mol. The number of ether oxygens (including phenoxy) is 2. The Balaban J connectivity index is 1.46. The van der Waals surface area contributed by atoms with Gasteiger partial charge in [0.2, 0.25) is 5.90 Å². The van der Waals surface area contributed by atoms with E-state index in [1.165, 1.54) is 24.3 Å². The van der Waals surface area contributed by atoms with E-state index in [0.29, 0.717) is 16.9 Å². The Morgan fingerprint density at radius 1 is 1.09 bits per heavy atom. The fraction of sp³-hybridized carbons (Fsp3) is 0.0417. The number of Topliss-reactive ketones (excluding diaryl/α,β-unsaturated/α-hetero) is 1. The molecule has 0 saturated carbocycles. The highest BCUT2D eigenvalue weighted by atomic mass is 35.5. The van der Waals surface area contributed by atoms with E-state index in [1.807, 2.05) is 6.07 Å². The van der Waals surface area contributed by atoms with Gasteiger partial charge in [-0.3, -0.25) is 14.9 Å². The fourth-order valence-corrected chi connectivity index (χ4v) is 3.18. The van der Waals surface area contributed by atoms with Crippen molar-refractivity contribution < 1.29 is 24.0 Å². The number of ketones is 1. The number of rotatable bonds is 7.